The van der Waals surface area contributed by atoms with Gasteiger partial charge in [0.15, 0.2) is 0 Å². The number of hydrogen-bond acceptors (Lipinski definition) is 5. The van der Waals surface area contributed by atoms with Crippen molar-refractivity contribution >= 4 is 0 Å². The average Bonchev–Trinajstić information content (AvgIpc) is 2.95. The zero-order valence-corrected chi connectivity index (χ0v) is 12.8. The van der Waals surface area contributed by atoms with Crippen molar-refractivity contribution in [3.8, 4) is 0 Å². The number of hydroxylamine groups is 2. The molecular formula is C14H27N3O2. The van der Waals surface area contributed by atoms with Crippen molar-refractivity contribution < 1.29 is 9.57 Å². The highest BCUT2D eigenvalue weighted by atomic mass is 16.7. The van der Waals surface area contributed by atoms with E-state index >= 15 is 0 Å². The van der Waals surface area contributed by atoms with E-state index in [1.807, 2.05) is 0 Å². The summed E-state index contributed by atoms with van der Waals surface area (Å²) >= 11 is 0. The molecule has 3 aliphatic rings. The van der Waals surface area contributed by atoms with Crippen LogP contribution in [0.1, 0.15) is 27.7 Å². The summed E-state index contributed by atoms with van der Waals surface area (Å²) in [6.07, 6.45) is 0. The predicted octanol–water partition coefficient (Wildman–Crippen LogP) is 0.654. The Morgan fingerprint density at radius 1 is 1.05 bits per heavy atom. The Morgan fingerprint density at radius 2 is 1.53 bits per heavy atom. The first kappa shape index (κ1) is 13.8. The third kappa shape index (κ3) is 1.54. The Hall–Kier alpha value is -0.200. The van der Waals surface area contributed by atoms with E-state index in [4.69, 9.17) is 15.3 Å². The van der Waals surface area contributed by atoms with E-state index < -0.39 is 0 Å². The van der Waals surface area contributed by atoms with Gasteiger partial charge in [0.05, 0.1) is 26.0 Å². The topological polar surface area (TPSA) is 51.0 Å². The van der Waals surface area contributed by atoms with Crippen LogP contribution < -0.4 is 5.73 Å². The van der Waals surface area contributed by atoms with Crippen LogP contribution in [-0.2, 0) is 9.57 Å². The van der Waals surface area contributed by atoms with Crippen molar-refractivity contribution in [2.24, 2.45) is 17.6 Å². The first-order valence-corrected chi connectivity index (χ1v) is 7.25. The number of nitrogens with zero attached hydrogens (tertiary/aromatic N) is 2. The Labute approximate surface area is 116 Å². The molecule has 0 aromatic heterocycles. The maximum Gasteiger partial charge on any atom is 0.0793 e. The third-order valence-corrected chi connectivity index (χ3v) is 5.53. The largest absolute Gasteiger partial charge is 0.379 e. The fraction of sp³-hybridized carbons (Fsp3) is 1.00. The molecule has 19 heavy (non-hydrogen) atoms. The minimum Gasteiger partial charge on any atom is -0.379 e. The van der Waals surface area contributed by atoms with Crippen molar-refractivity contribution in [2.45, 2.75) is 44.4 Å². The molecule has 1 saturated carbocycles. The van der Waals surface area contributed by atoms with Crippen LogP contribution in [0.25, 0.3) is 0 Å². The minimum absolute atomic E-state index is 0.0318. The maximum absolute atomic E-state index is 6.83. The number of nitrogens with two attached hydrogens (primary N) is 1. The molecule has 0 aromatic carbocycles. The van der Waals surface area contributed by atoms with E-state index in [-0.39, 0.29) is 16.7 Å². The van der Waals surface area contributed by atoms with E-state index in [9.17, 15) is 0 Å². The van der Waals surface area contributed by atoms with Gasteiger partial charge in [-0.3, -0.25) is 4.90 Å². The second kappa shape index (κ2) is 3.92. The normalized spacial score (nSPS) is 45.2. The lowest BCUT2D eigenvalue weighted by molar-refractivity contribution is -0.243. The fourth-order valence-corrected chi connectivity index (χ4v) is 5.15. The molecule has 5 heteroatoms. The van der Waals surface area contributed by atoms with Gasteiger partial charge < -0.3 is 15.3 Å². The van der Waals surface area contributed by atoms with Crippen LogP contribution >= 0.6 is 0 Å². The summed E-state index contributed by atoms with van der Waals surface area (Å²) in [5.41, 5.74) is 6.57. The van der Waals surface area contributed by atoms with Gasteiger partial charge in [-0.15, -0.1) is 0 Å². The molecule has 0 aromatic rings. The fourth-order valence-electron chi connectivity index (χ4n) is 5.15. The van der Waals surface area contributed by atoms with Crippen LogP contribution in [0.2, 0.25) is 0 Å². The quantitative estimate of drug-likeness (QED) is 0.798. The van der Waals surface area contributed by atoms with Crippen LogP contribution in [-0.4, -0.2) is 60.1 Å². The summed E-state index contributed by atoms with van der Waals surface area (Å²) in [7, 11) is 1.77. The first-order chi connectivity index (χ1) is 8.79. The molecule has 2 saturated heterocycles. The molecule has 0 amide bonds. The maximum atomic E-state index is 6.83. The van der Waals surface area contributed by atoms with Crippen LogP contribution in [0.3, 0.4) is 0 Å². The molecule has 5 nitrogen and oxygen atoms in total. The summed E-state index contributed by atoms with van der Waals surface area (Å²) in [5.74, 6) is 0.904. The van der Waals surface area contributed by atoms with Gasteiger partial charge >= 0.3 is 0 Å². The van der Waals surface area contributed by atoms with Gasteiger partial charge in [-0.2, -0.15) is 5.06 Å². The summed E-state index contributed by atoms with van der Waals surface area (Å²) in [6, 6.07) is 0. The van der Waals surface area contributed by atoms with Crippen molar-refractivity contribution in [3.05, 3.63) is 0 Å². The predicted molar refractivity (Wildman–Crippen MR) is 73.3 cm³/mol. The Bertz CT molecular complexity index is 355. The van der Waals surface area contributed by atoms with E-state index in [2.05, 4.69) is 37.7 Å². The number of morpholine rings is 1. The first-order valence-electron chi connectivity index (χ1n) is 7.25. The highest BCUT2D eigenvalue weighted by molar-refractivity contribution is 5.32. The lowest BCUT2D eigenvalue weighted by atomic mass is 9.94. The van der Waals surface area contributed by atoms with Crippen molar-refractivity contribution in [2.75, 3.05) is 33.4 Å². The molecule has 2 unspecified atom stereocenters. The molecule has 2 atom stereocenters. The summed E-state index contributed by atoms with van der Waals surface area (Å²) in [6.45, 7) is 12.5. The smallest absolute Gasteiger partial charge is 0.0793 e. The van der Waals surface area contributed by atoms with Crippen LogP contribution in [0.15, 0.2) is 0 Å². The number of rotatable bonds is 2. The van der Waals surface area contributed by atoms with Gasteiger partial charge in [-0.1, -0.05) is 0 Å². The molecule has 2 heterocycles. The molecule has 3 fully saturated rings. The number of fused-ring (bicyclic) bond motifs is 1. The van der Waals surface area contributed by atoms with Crippen LogP contribution in [0, 0.1) is 11.8 Å². The highest BCUT2D eigenvalue weighted by Crippen LogP contribution is 2.69. The summed E-state index contributed by atoms with van der Waals surface area (Å²) in [5, 5.41) is 2.14. The molecule has 110 valence electrons. The molecule has 0 bridgehead atoms. The summed E-state index contributed by atoms with van der Waals surface area (Å²) < 4.78 is 5.46. The Balaban J connectivity index is 1.90. The van der Waals surface area contributed by atoms with Gasteiger partial charge in [0.25, 0.3) is 0 Å². The second-order valence-electron chi connectivity index (χ2n) is 7.23. The molecule has 0 spiro atoms. The zero-order chi connectivity index (χ0) is 14.1. The minimum atomic E-state index is -0.189. The standard InChI is InChI=1S/C14H27N3O2/c1-12(2)10-11(13(3,4)17(12)18-5)14(10,15)16-6-8-19-9-7-16/h10-11H,6-9,15H2,1-5H3. The lowest BCUT2D eigenvalue weighted by Gasteiger charge is -2.47. The molecule has 2 N–H and O–H groups in total. The van der Waals surface area contributed by atoms with Crippen molar-refractivity contribution in [1.82, 2.24) is 9.96 Å². The van der Waals surface area contributed by atoms with Gasteiger partial charge in [-0.25, -0.2) is 0 Å². The average molecular weight is 269 g/mol. The highest BCUT2D eigenvalue weighted by Gasteiger charge is 2.82. The van der Waals surface area contributed by atoms with E-state index in [0.717, 1.165) is 26.3 Å². The molecule has 0 radical (unpaired) electrons. The number of hydrogen-bond donors (Lipinski definition) is 1. The Kier molecular flexibility index (Phi) is 2.84. The molecular weight excluding hydrogens is 242 g/mol. The van der Waals surface area contributed by atoms with Crippen molar-refractivity contribution in [3.63, 3.8) is 0 Å². The van der Waals surface area contributed by atoms with Gasteiger partial charge in [0.2, 0.25) is 0 Å². The van der Waals surface area contributed by atoms with E-state index in [1.54, 1.807) is 7.11 Å². The summed E-state index contributed by atoms with van der Waals surface area (Å²) in [4.78, 5) is 8.09. The number of ether oxygens (including phenoxy) is 1. The number of piperidine rings is 1. The monoisotopic (exact) mass is 269 g/mol. The molecule has 1 aliphatic carbocycles. The van der Waals surface area contributed by atoms with Gasteiger partial charge in [0.1, 0.15) is 0 Å². The lowest BCUT2D eigenvalue weighted by Crippen LogP contribution is -2.63. The van der Waals surface area contributed by atoms with Crippen molar-refractivity contribution in [1.29, 1.82) is 0 Å². The molecule has 2 aliphatic heterocycles. The SMILES string of the molecule is CON1C(C)(C)C2C(C1(C)C)C2(N)N1CCOCC1. The van der Waals surface area contributed by atoms with E-state index in [1.165, 1.54) is 0 Å². The second-order valence-corrected chi connectivity index (χ2v) is 7.23. The van der Waals surface area contributed by atoms with Crippen LogP contribution in [0.5, 0.6) is 0 Å². The van der Waals surface area contributed by atoms with Crippen LogP contribution in [0.4, 0.5) is 0 Å². The third-order valence-electron chi connectivity index (χ3n) is 5.53. The van der Waals surface area contributed by atoms with E-state index in [0.29, 0.717) is 11.8 Å². The van der Waals surface area contributed by atoms with Gasteiger partial charge in [0, 0.05) is 36.0 Å². The molecule has 3 rings (SSSR count). The van der Waals surface area contributed by atoms with Gasteiger partial charge in [-0.05, 0) is 27.7 Å². The zero-order valence-electron chi connectivity index (χ0n) is 12.8. The Morgan fingerprint density at radius 3 is 1.95 bits per heavy atom.